The molecule has 0 saturated heterocycles. The van der Waals surface area contributed by atoms with Gasteiger partial charge >= 0.3 is 12.1 Å². The summed E-state index contributed by atoms with van der Waals surface area (Å²) in [4.78, 5) is 53.5. The largest absolute Gasteiger partial charge is 0.462 e. The van der Waals surface area contributed by atoms with Gasteiger partial charge in [-0.15, -0.1) is 13.2 Å². The molecular formula is C47H53N3O8. The van der Waals surface area contributed by atoms with Crippen molar-refractivity contribution in [3.05, 3.63) is 157 Å². The molecule has 4 aromatic carbocycles. The van der Waals surface area contributed by atoms with Crippen molar-refractivity contribution in [2.45, 2.75) is 62.8 Å². The van der Waals surface area contributed by atoms with Crippen LogP contribution in [0.25, 0.3) is 11.1 Å². The second-order valence-corrected chi connectivity index (χ2v) is 14.3. The lowest BCUT2D eigenvalue weighted by Crippen LogP contribution is -2.48. The third kappa shape index (κ3) is 12.7. The summed E-state index contributed by atoms with van der Waals surface area (Å²) < 4.78 is 17.4. The minimum absolute atomic E-state index is 0.0122. The van der Waals surface area contributed by atoms with Crippen LogP contribution in [0.4, 0.5) is 4.79 Å². The summed E-state index contributed by atoms with van der Waals surface area (Å²) in [6.45, 7) is 7.29. The quantitative estimate of drug-likeness (QED) is 0.0498. The molecule has 11 nitrogen and oxygen atoms in total. The van der Waals surface area contributed by atoms with Gasteiger partial charge in [0.05, 0.1) is 37.8 Å². The summed E-state index contributed by atoms with van der Waals surface area (Å²) in [6, 6.07) is 32.6. The average molecular weight is 788 g/mol. The summed E-state index contributed by atoms with van der Waals surface area (Å²) in [5.74, 6) is -2.52. The van der Waals surface area contributed by atoms with Crippen molar-refractivity contribution < 1.29 is 38.5 Å². The molecule has 4 N–H and O–H groups in total. The van der Waals surface area contributed by atoms with Crippen molar-refractivity contribution in [3.63, 3.8) is 0 Å². The van der Waals surface area contributed by atoms with Gasteiger partial charge in [0.25, 0.3) is 0 Å². The van der Waals surface area contributed by atoms with Crippen molar-refractivity contribution in [1.82, 2.24) is 16.0 Å². The van der Waals surface area contributed by atoms with Crippen LogP contribution in [0.3, 0.4) is 0 Å². The first-order chi connectivity index (χ1) is 28.3. The Morgan fingerprint density at radius 1 is 0.707 bits per heavy atom. The summed E-state index contributed by atoms with van der Waals surface area (Å²) in [6.07, 6.45) is 3.53. The number of aliphatic hydroxyl groups excluding tert-OH is 1. The zero-order valence-corrected chi connectivity index (χ0v) is 32.7. The third-order valence-corrected chi connectivity index (χ3v) is 9.95. The van der Waals surface area contributed by atoms with E-state index in [0.29, 0.717) is 12.8 Å². The summed E-state index contributed by atoms with van der Waals surface area (Å²) in [7, 11) is 0. The Bertz CT molecular complexity index is 1930. The molecule has 0 radical (unpaired) electrons. The first-order valence-electron chi connectivity index (χ1n) is 19.7. The van der Waals surface area contributed by atoms with E-state index < -0.39 is 47.9 Å². The first kappa shape index (κ1) is 43.1. The van der Waals surface area contributed by atoms with Crippen LogP contribution in [-0.2, 0) is 41.6 Å². The van der Waals surface area contributed by atoms with Gasteiger partial charge in [0, 0.05) is 12.3 Å². The van der Waals surface area contributed by atoms with Gasteiger partial charge in [-0.25, -0.2) is 9.59 Å². The smallest absolute Gasteiger partial charge is 0.407 e. The van der Waals surface area contributed by atoms with Gasteiger partial charge in [0.15, 0.2) is 0 Å². The van der Waals surface area contributed by atoms with Gasteiger partial charge in [-0.3, -0.25) is 9.59 Å². The van der Waals surface area contributed by atoms with Gasteiger partial charge in [-0.05, 0) is 59.1 Å². The second kappa shape index (κ2) is 22.6. The number of alkyl carbamates (subject to hydrolysis) is 1. The molecule has 3 amide bonds. The van der Waals surface area contributed by atoms with E-state index in [-0.39, 0.29) is 58.2 Å². The molecule has 5 rings (SSSR count). The predicted molar refractivity (Wildman–Crippen MR) is 222 cm³/mol. The Balaban J connectivity index is 1.20. The standard InChI is InChI=1S/C47H53N3O8/c1-3-5-25-43(50-47(55)58-32-42-40-23-14-12-21-38(40)39-22-13-15-24-41(39)42)46(54)57-31-37(30-56-29-34-19-10-7-11-20-34)49-45(53)35(16-4-2)27-44(52)48-36(28-51)26-33-17-8-6-9-18-33/h3-4,6-15,17-24,35-37,42-43,51H,1-2,5,16,25-32H2,(H,48,52)(H,49,53)(H,50,55)/t35-,36+,37-,43-/m0/s1. The first-order valence-corrected chi connectivity index (χ1v) is 19.7. The summed E-state index contributed by atoms with van der Waals surface area (Å²) in [5.41, 5.74) is 6.20. The highest BCUT2D eigenvalue weighted by molar-refractivity contribution is 5.86. The molecule has 0 unspecified atom stereocenters. The van der Waals surface area contributed by atoms with Crippen LogP contribution in [0.5, 0.6) is 0 Å². The molecule has 4 atom stereocenters. The van der Waals surface area contributed by atoms with Crippen LogP contribution < -0.4 is 16.0 Å². The molecule has 0 fully saturated rings. The van der Waals surface area contributed by atoms with E-state index in [0.717, 1.165) is 33.4 Å². The molecule has 0 bridgehead atoms. The second-order valence-electron chi connectivity index (χ2n) is 14.3. The maximum absolute atomic E-state index is 13.7. The number of carbonyl (C=O) groups is 4. The van der Waals surface area contributed by atoms with Gasteiger partial charge < -0.3 is 35.3 Å². The van der Waals surface area contributed by atoms with Crippen molar-refractivity contribution >= 4 is 23.9 Å². The number of fused-ring (bicyclic) bond motifs is 3. The molecule has 0 spiro atoms. The average Bonchev–Trinajstić information content (AvgIpc) is 3.56. The van der Waals surface area contributed by atoms with Gasteiger partial charge in [0.2, 0.25) is 11.8 Å². The summed E-state index contributed by atoms with van der Waals surface area (Å²) >= 11 is 0. The Labute approximate surface area is 340 Å². The lowest BCUT2D eigenvalue weighted by molar-refractivity contribution is -0.148. The molecule has 1 aliphatic carbocycles. The van der Waals surface area contributed by atoms with Crippen LogP contribution in [0.1, 0.15) is 53.9 Å². The van der Waals surface area contributed by atoms with Crippen molar-refractivity contribution in [2.75, 3.05) is 26.4 Å². The number of ether oxygens (including phenoxy) is 3. The van der Waals surface area contributed by atoms with E-state index in [1.165, 1.54) is 0 Å². The summed E-state index contributed by atoms with van der Waals surface area (Å²) in [5, 5.41) is 18.3. The van der Waals surface area contributed by atoms with Crippen LogP contribution >= 0.6 is 0 Å². The zero-order valence-electron chi connectivity index (χ0n) is 32.7. The maximum atomic E-state index is 13.7. The predicted octanol–water partition coefficient (Wildman–Crippen LogP) is 6.41. The number of aliphatic hydroxyl groups is 1. The van der Waals surface area contributed by atoms with E-state index in [1.807, 2.05) is 97.1 Å². The number of rotatable bonds is 23. The maximum Gasteiger partial charge on any atom is 0.407 e. The molecule has 4 aromatic rings. The highest BCUT2D eigenvalue weighted by Crippen LogP contribution is 2.44. The number of esters is 1. The monoisotopic (exact) mass is 787 g/mol. The zero-order chi connectivity index (χ0) is 41.1. The fraction of sp³-hybridized carbons (Fsp3) is 0.319. The molecule has 1 aliphatic rings. The van der Waals surface area contributed by atoms with Crippen LogP contribution in [0.15, 0.2) is 135 Å². The third-order valence-electron chi connectivity index (χ3n) is 9.95. The molecule has 304 valence electrons. The number of allylic oxidation sites excluding steroid dienone is 2. The molecule has 11 heteroatoms. The number of hydrogen-bond donors (Lipinski definition) is 4. The van der Waals surface area contributed by atoms with Crippen molar-refractivity contribution in [1.29, 1.82) is 0 Å². The molecule has 0 heterocycles. The van der Waals surface area contributed by atoms with Crippen molar-refractivity contribution in [3.8, 4) is 11.1 Å². The van der Waals surface area contributed by atoms with Gasteiger partial charge in [0.1, 0.15) is 19.3 Å². The fourth-order valence-corrected chi connectivity index (χ4v) is 7.00. The molecule has 0 saturated carbocycles. The molecule has 0 aromatic heterocycles. The van der Waals surface area contributed by atoms with Crippen LogP contribution in [-0.4, -0.2) is 73.5 Å². The number of benzene rings is 4. The normalized spacial score (nSPS) is 13.7. The fourth-order valence-electron chi connectivity index (χ4n) is 7.00. The number of carbonyl (C=O) groups excluding carboxylic acids is 4. The highest BCUT2D eigenvalue weighted by atomic mass is 16.6. The number of hydrogen-bond acceptors (Lipinski definition) is 8. The Kier molecular flexibility index (Phi) is 16.8. The van der Waals surface area contributed by atoms with Crippen molar-refractivity contribution in [2.24, 2.45) is 5.92 Å². The van der Waals surface area contributed by atoms with E-state index >= 15 is 0 Å². The SMILES string of the molecule is C=CCC[C@H](NC(=O)OCC1c2ccccc2-c2ccccc21)C(=O)OC[C@H](COCc1ccccc1)NC(=O)[C@@H](CC=C)CC(=O)N[C@@H](CO)Cc1ccccc1. The minimum atomic E-state index is -1.05. The van der Waals surface area contributed by atoms with E-state index in [2.05, 4.69) is 41.2 Å². The van der Waals surface area contributed by atoms with E-state index in [1.54, 1.807) is 12.2 Å². The lowest BCUT2D eigenvalue weighted by atomic mass is 9.98. The topological polar surface area (TPSA) is 152 Å². The molecular weight excluding hydrogens is 735 g/mol. The minimum Gasteiger partial charge on any atom is -0.462 e. The Morgan fingerprint density at radius 2 is 1.33 bits per heavy atom. The lowest BCUT2D eigenvalue weighted by Gasteiger charge is -2.24. The van der Waals surface area contributed by atoms with Crippen LogP contribution in [0.2, 0.25) is 0 Å². The number of amides is 3. The molecule has 0 aliphatic heterocycles. The molecule has 58 heavy (non-hydrogen) atoms. The highest BCUT2D eigenvalue weighted by Gasteiger charge is 2.31. The van der Waals surface area contributed by atoms with Gasteiger partial charge in [-0.1, -0.05) is 121 Å². The van der Waals surface area contributed by atoms with Crippen LogP contribution in [0, 0.1) is 5.92 Å². The van der Waals surface area contributed by atoms with E-state index in [4.69, 9.17) is 14.2 Å². The van der Waals surface area contributed by atoms with E-state index in [9.17, 15) is 24.3 Å². The Hall–Kier alpha value is -6.04. The number of nitrogens with one attached hydrogen (secondary N) is 3. The van der Waals surface area contributed by atoms with Gasteiger partial charge in [-0.2, -0.15) is 0 Å². The Morgan fingerprint density at radius 3 is 1.95 bits per heavy atom.